The predicted octanol–water partition coefficient (Wildman–Crippen LogP) is -0.756. The Labute approximate surface area is 68.5 Å². The monoisotopic (exact) mass is 179 g/mol. The number of rotatable bonds is 4. The van der Waals surface area contributed by atoms with Gasteiger partial charge in [0.2, 0.25) is 0 Å². The second-order valence-electron chi connectivity index (χ2n) is 3.05. The van der Waals surface area contributed by atoms with Crippen molar-refractivity contribution in [3.63, 3.8) is 0 Å². The molecule has 68 valence electrons. The SMILES string of the molecule is CCC(CN(C)C)[Si](O)(O)O. The van der Waals surface area contributed by atoms with Crippen LogP contribution in [0.2, 0.25) is 5.54 Å². The summed E-state index contributed by atoms with van der Waals surface area (Å²) in [6, 6.07) is 0. The average Bonchev–Trinajstić information content (AvgIpc) is 1.79. The third-order valence-electron chi connectivity index (χ3n) is 1.63. The average molecular weight is 179 g/mol. The Hall–Kier alpha value is 0.0569. The summed E-state index contributed by atoms with van der Waals surface area (Å²) < 4.78 is 0. The molecule has 4 nitrogen and oxygen atoms in total. The first-order valence-electron chi connectivity index (χ1n) is 3.69. The minimum absolute atomic E-state index is 0.377. The second kappa shape index (κ2) is 4.17. The molecule has 0 fully saturated rings. The van der Waals surface area contributed by atoms with E-state index in [2.05, 4.69) is 0 Å². The number of nitrogens with zero attached hydrogens (tertiary/aromatic N) is 1. The molecule has 0 aliphatic rings. The molecule has 0 rings (SSSR count). The topological polar surface area (TPSA) is 63.9 Å². The molecule has 0 saturated carbocycles. The van der Waals surface area contributed by atoms with Crippen LogP contribution in [0.4, 0.5) is 0 Å². The first-order valence-corrected chi connectivity index (χ1v) is 5.61. The van der Waals surface area contributed by atoms with Gasteiger partial charge in [0, 0.05) is 12.1 Å². The summed E-state index contributed by atoms with van der Waals surface area (Å²) in [5.41, 5.74) is -0.377. The van der Waals surface area contributed by atoms with E-state index in [9.17, 15) is 0 Å². The van der Waals surface area contributed by atoms with Crippen LogP contribution in [0.25, 0.3) is 0 Å². The van der Waals surface area contributed by atoms with Crippen LogP contribution in [-0.4, -0.2) is 48.7 Å². The Morgan fingerprint density at radius 2 is 1.73 bits per heavy atom. The van der Waals surface area contributed by atoms with Gasteiger partial charge in [-0.1, -0.05) is 6.92 Å². The lowest BCUT2D eigenvalue weighted by Gasteiger charge is -2.23. The highest BCUT2D eigenvalue weighted by Crippen LogP contribution is 2.18. The maximum atomic E-state index is 8.95. The lowest BCUT2D eigenvalue weighted by atomic mass is 10.3. The minimum Gasteiger partial charge on any atom is -0.390 e. The molecule has 0 spiro atoms. The van der Waals surface area contributed by atoms with Crippen LogP contribution in [0.15, 0.2) is 0 Å². The molecule has 0 amide bonds. The van der Waals surface area contributed by atoms with E-state index < -0.39 is 8.80 Å². The van der Waals surface area contributed by atoms with E-state index in [1.165, 1.54) is 0 Å². The van der Waals surface area contributed by atoms with Crippen molar-refractivity contribution in [1.82, 2.24) is 4.90 Å². The van der Waals surface area contributed by atoms with Crippen molar-refractivity contribution < 1.29 is 14.4 Å². The van der Waals surface area contributed by atoms with Gasteiger partial charge in [-0.05, 0) is 20.5 Å². The fraction of sp³-hybridized carbons (Fsp3) is 1.00. The maximum Gasteiger partial charge on any atom is 0.497 e. The van der Waals surface area contributed by atoms with Crippen molar-refractivity contribution in [2.45, 2.75) is 18.9 Å². The third-order valence-corrected chi connectivity index (χ3v) is 3.31. The molecule has 1 unspecified atom stereocenters. The lowest BCUT2D eigenvalue weighted by Crippen LogP contribution is -2.44. The zero-order valence-corrected chi connectivity index (χ0v) is 8.28. The van der Waals surface area contributed by atoms with E-state index in [-0.39, 0.29) is 5.54 Å². The lowest BCUT2D eigenvalue weighted by molar-refractivity contribution is 0.196. The molecular formula is C6H17NO3Si. The summed E-state index contributed by atoms with van der Waals surface area (Å²) in [4.78, 5) is 28.7. The molecular weight excluding hydrogens is 162 g/mol. The Balaban J connectivity index is 3.96. The summed E-state index contributed by atoms with van der Waals surface area (Å²) in [5, 5.41) is 0. The summed E-state index contributed by atoms with van der Waals surface area (Å²) >= 11 is 0. The molecule has 0 aromatic carbocycles. The molecule has 5 heteroatoms. The van der Waals surface area contributed by atoms with Crippen molar-refractivity contribution in [2.75, 3.05) is 20.6 Å². The first kappa shape index (κ1) is 11.1. The third kappa shape index (κ3) is 4.49. The normalized spacial score (nSPS) is 15.5. The van der Waals surface area contributed by atoms with Crippen LogP contribution in [0.3, 0.4) is 0 Å². The summed E-state index contributed by atoms with van der Waals surface area (Å²) in [7, 11) is -0.219. The molecule has 1 atom stereocenters. The largest absolute Gasteiger partial charge is 0.497 e. The molecule has 0 aromatic rings. The van der Waals surface area contributed by atoms with Crippen molar-refractivity contribution in [3.05, 3.63) is 0 Å². The van der Waals surface area contributed by atoms with Crippen molar-refractivity contribution >= 4 is 8.80 Å². The van der Waals surface area contributed by atoms with E-state index in [1.54, 1.807) is 0 Å². The Kier molecular flexibility index (Phi) is 4.20. The molecule has 11 heavy (non-hydrogen) atoms. The van der Waals surface area contributed by atoms with Gasteiger partial charge in [0.15, 0.2) is 0 Å². The summed E-state index contributed by atoms with van der Waals surface area (Å²) in [6.07, 6.45) is 0.591. The van der Waals surface area contributed by atoms with Gasteiger partial charge >= 0.3 is 8.80 Å². The van der Waals surface area contributed by atoms with E-state index in [1.807, 2.05) is 25.9 Å². The minimum atomic E-state index is -3.89. The van der Waals surface area contributed by atoms with Gasteiger partial charge in [0.1, 0.15) is 0 Å². The quantitative estimate of drug-likeness (QED) is 0.497. The van der Waals surface area contributed by atoms with E-state index in [4.69, 9.17) is 14.4 Å². The number of hydrogen-bond acceptors (Lipinski definition) is 4. The highest BCUT2D eigenvalue weighted by molar-refractivity contribution is 6.58. The van der Waals surface area contributed by atoms with Crippen LogP contribution in [0.1, 0.15) is 13.3 Å². The second-order valence-corrected chi connectivity index (χ2v) is 5.25. The molecule has 0 aromatic heterocycles. The fourth-order valence-electron chi connectivity index (χ4n) is 0.966. The van der Waals surface area contributed by atoms with Crippen LogP contribution in [0, 0.1) is 0 Å². The van der Waals surface area contributed by atoms with Gasteiger partial charge in [-0.2, -0.15) is 0 Å². The van der Waals surface area contributed by atoms with Gasteiger partial charge in [-0.3, -0.25) is 0 Å². The highest BCUT2D eigenvalue weighted by atomic mass is 28.4. The van der Waals surface area contributed by atoms with E-state index in [0.29, 0.717) is 13.0 Å². The van der Waals surface area contributed by atoms with Crippen molar-refractivity contribution in [2.24, 2.45) is 0 Å². The standard InChI is InChI=1S/C6H17NO3Si/c1-4-6(5-7(2)3)11(8,9)10/h6,8-10H,4-5H2,1-3H3. The van der Waals surface area contributed by atoms with Gasteiger partial charge in [0.25, 0.3) is 0 Å². The molecule has 0 aliphatic heterocycles. The fourth-order valence-corrected chi connectivity index (χ4v) is 2.12. The van der Waals surface area contributed by atoms with E-state index in [0.717, 1.165) is 0 Å². The number of hydrogen-bond donors (Lipinski definition) is 3. The van der Waals surface area contributed by atoms with Gasteiger partial charge in [-0.15, -0.1) is 0 Å². The molecule has 0 heterocycles. The Morgan fingerprint density at radius 1 is 1.27 bits per heavy atom. The summed E-state index contributed by atoms with van der Waals surface area (Å²) in [5.74, 6) is 0. The van der Waals surface area contributed by atoms with Crippen LogP contribution in [0.5, 0.6) is 0 Å². The van der Waals surface area contributed by atoms with Crippen molar-refractivity contribution in [1.29, 1.82) is 0 Å². The van der Waals surface area contributed by atoms with E-state index >= 15 is 0 Å². The predicted molar refractivity (Wildman–Crippen MR) is 45.0 cm³/mol. The zero-order valence-electron chi connectivity index (χ0n) is 7.28. The Morgan fingerprint density at radius 3 is 1.82 bits per heavy atom. The Bertz CT molecular complexity index is 113. The highest BCUT2D eigenvalue weighted by Gasteiger charge is 2.37. The maximum absolute atomic E-state index is 8.95. The molecule has 0 saturated heterocycles. The first-order chi connectivity index (χ1) is 4.88. The molecule has 0 bridgehead atoms. The van der Waals surface area contributed by atoms with Crippen LogP contribution in [-0.2, 0) is 0 Å². The molecule has 3 N–H and O–H groups in total. The smallest absolute Gasteiger partial charge is 0.390 e. The summed E-state index contributed by atoms with van der Waals surface area (Å²) in [6.45, 7) is 2.35. The molecule has 0 radical (unpaired) electrons. The van der Waals surface area contributed by atoms with Gasteiger partial charge in [0.05, 0.1) is 0 Å². The van der Waals surface area contributed by atoms with Crippen LogP contribution < -0.4 is 0 Å². The zero-order chi connectivity index (χ0) is 9.07. The van der Waals surface area contributed by atoms with Crippen molar-refractivity contribution in [3.8, 4) is 0 Å². The van der Waals surface area contributed by atoms with Gasteiger partial charge < -0.3 is 19.3 Å². The molecule has 0 aliphatic carbocycles. The van der Waals surface area contributed by atoms with Crippen LogP contribution >= 0.6 is 0 Å². The van der Waals surface area contributed by atoms with Gasteiger partial charge in [-0.25, -0.2) is 0 Å².